The Kier molecular flexibility index (Phi) is 7.60. The SMILES string of the molecule is CCNCC.O=C(O)c1cc(=O)c2cc(I)cc(I)c2o1. The molecule has 0 amide bonds. The lowest BCUT2D eigenvalue weighted by Gasteiger charge is -2.02. The van der Waals surface area contributed by atoms with E-state index >= 15 is 0 Å². The summed E-state index contributed by atoms with van der Waals surface area (Å²) in [5.41, 5.74) is -0.0130. The third-order valence-corrected chi connectivity index (χ3v) is 3.88. The summed E-state index contributed by atoms with van der Waals surface area (Å²) in [6, 6.07) is 4.49. The lowest BCUT2D eigenvalue weighted by Crippen LogP contribution is -2.09. The molecular formula is C14H15I2NO4. The molecule has 1 aromatic carbocycles. The summed E-state index contributed by atoms with van der Waals surface area (Å²) in [5.74, 6) is -1.58. The van der Waals surface area contributed by atoms with Crippen LogP contribution in [0.4, 0.5) is 0 Å². The second-order valence-electron chi connectivity index (χ2n) is 4.00. The van der Waals surface area contributed by atoms with E-state index < -0.39 is 5.97 Å². The van der Waals surface area contributed by atoms with E-state index in [0.29, 0.717) is 11.0 Å². The van der Waals surface area contributed by atoms with Gasteiger partial charge in [-0.2, -0.15) is 0 Å². The molecule has 21 heavy (non-hydrogen) atoms. The summed E-state index contributed by atoms with van der Waals surface area (Å²) in [4.78, 5) is 22.4. The molecule has 2 N–H and O–H groups in total. The zero-order chi connectivity index (χ0) is 16.0. The van der Waals surface area contributed by atoms with Crippen molar-refractivity contribution in [3.63, 3.8) is 0 Å². The summed E-state index contributed by atoms with van der Waals surface area (Å²) in [6.07, 6.45) is 0. The fourth-order valence-corrected chi connectivity index (χ4v) is 3.49. The molecule has 0 aliphatic carbocycles. The first kappa shape index (κ1) is 18.4. The van der Waals surface area contributed by atoms with Crippen molar-refractivity contribution in [2.45, 2.75) is 13.8 Å². The van der Waals surface area contributed by atoms with E-state index in [2.05, 4.69) is 41.8 Å². The topological polar surface area (TPSA) is 79.5 Å². The lowest BCUT2D eigenvalue weighted by molar-refractivity contribution is 0.0663. The van der Waals surface area contributed by atoms with Gasteiger partial charge in [-0.3, -0.25) is 4.79 Å². The smallest absolute Gasteiger partial charge is 0.371 e. The van der Waals surface area contributed by atoms with Crippen molar-refractivity contribution in [3.8, 4) is 0 Å². The molecule has 0 spiro atoms. The Hall–Kier alpha value is -0.680. The second kappa shape index (κ2) is 8.69. The highest BCUT2D eigenvalue weighted by molar-refractivity contribution is 14.1. The van der Waals surface area contributed by atoms with Crippen LogP contribution in [-0.4, -0.2) is 24.2 Å². The molecule has 0 aliphatic rings. The summed E-state index contributed by atoms with van der Waals surface area (Å²) in [5, 5.41) is 12.3. The number of fused-ring (bicyclic) bond motifs is 1. The van der Waals surface area contributed by atoms with E-state index in [1.807, 2.05) is 28.7 Å². The molecule has 114 valence electrons. The van der Waals surface area contributed by atoms with Crippen molar-refractivity contribution >= 4 is 62.1 Å². The van der Waals surface area contributed by atoms with Crippen LogP contribution in [0.1, 0.15) is 24.4 Å². The van der Waals surface area contributed by atoms with Crippen LogP contribution >= 0.6 is 45.2 Å². The van der Waals surface area contributed by atoms with Crippen LogP contribution in [0.2, 0.25) is 0 Å². The van der Waals surface area contributed by atoms with Crippen LogP contribution in [0.15, 0.2) is 27.4 Å². The highest BCUT2D eigenvalue weighted by atomic mass is 127. The van der Waals surface area contributed by atoms with Gasteiger partial charge in [-0.15, -0.1) is 0 Å². The van der Waals surface area contributed by atoms with Gasteiger partial charge < -0.3 is 14.8 Å². The van der Waals surface area contributed by atoms with E-state index in [9.17, 15) is 9.59 Å². The van der Waals surface area contributed by atoms with Crippen LogP contribution in [0, 0.1) is 7.14 Å². The van der Waals surface area contributed by atoms with Crippen molar-refractivity contribution in [2.75, 3.05) is 13.1 Å². The largest absolute Gasteiger partial charge is 0.475 e. The predicted octanol–water partition coefficient (Wildman–Crippen LogP) is 3.32. The molecule has 1 heterocycles. The molecule has 0 bridgehead atoms. The minimum atomic E-state index is -1.24. The Bertz CT molecular complexity index is 695. The number of hydrogen-bond acceptors (Lipinski definition) is 4. The molecule has 2 rings (SSSR count). The molecule has 1 aromatic heterocycles. The third kappa shape index (κ3) is 5.22. The quantitative estimate of drug-likeness (QED) is 0.614. The van der Waals surface area contributed by atoms with Crippen LogP contribution in [0.5, 0.6) is 0 Å². The number of hydrogen-bond donors (Lipinski definition) is 2. The maximum absolute atomic E-state index is 11.7. The third-order valence-electron chi connectivity index (χ3n) is 2.46. The van der Waals surface area contributed by atoms with Crippen molar-refractivity contribution in [2.24, 2.45) is 0 Å². The normalized spacial score (nSPS) is 10.1. The zero-order valence-electron chi connectivity index (χ0n) is 11.6. The predicted molar refractivity (Wildman–Crippen MR) is 99.1 cm³/mol. The summed E-state index contributed by atoms with van der Waals surface area (Å²) in [6.45, 7) is 6.39. The monoisotopic (exact) mass is 515 g/mol. The van der Waals surface area contributed by atoms with Gasteiger partial charge in [0.05, 0.1) is 8.96 Å². The standard InChI is InChI=1S/C10H4I2O4.C4H11N/c11-4-1-5-7(13)3-8(10(14)15)16-9(5)6(12)2-4;1-3-5-4-2/h1-3H,(H,14,15);5H,3-4H2,1-2H3. The first-order valence-electron chi connectivity index (χ1n) is 6.27. The number of carbonyl (C=O) groups is 1. The van der Waals surface area contributed by atoms with E-state index in [0.717, 1.165) is 26.3 Å². The molecule has 0 atom stereocenters. The van der Waals surface area contributed by atoms with Crippen LogP contribution in [-0.2, 0) is 0 Å². The van der Waals surface area contributed by atoms with Gasteiger partial charge in [0.15, 0.2) is 11.0 Å². The maximum Gasteiger partial charge on any atom is 0.371 e. The van der Waals surface area contributed by atoms with E-state index in [1.165, 1.54) is 0 Å². The van der Waals surface area contributed by atoms with E-state index in [1.54, 1.807) is 6.07 Å². The van der Waals surface area contributed by atoms with E-state index in [4.69, 9.17) is 9.52 Å². The molecule has 0 saturated heterocycles. The van der Waals surface area contributed by atoms with Crippen LogP contribution in [0.3, 0.4) is 0 Å². The highest BCUT2D eigenvalue weighted by Gasteiger charge is 2.13. The Labute approximate surface area is 149 Å². The summed E-state index contributed by atoms with van der Waals surface area (Å²) in [7, 11) is 0. The first-order valence-corrected chi connectivity index (χ1v) is 8.43. The molecule has 2 aromatic rings. The fourth-order valence-electron chi connectivity index (χ4n) is 1.54. The molecule has 0 saturated carbocycles. The number of carboxylic acids is 1. The van der Waals surface area contributed by atoms with Gasteiger partial charge in [0, 0.05) is 9.64 Å². The van der Waals surface area contributed by atoms with Gasteiger partial charge in [-0.1, -0.05) is 13.8 Å². The van der Waals surface area contributed by atoms with Gasteiger partial charge in [0.1, 0.15) is 0 Å². The Balaban J connectivity index is 0.000000383. The average Bonchev–Trinajstić information content (AvgIpc) is 2.41. The first-order chi connectivity index (χ1) is 9.90. The Morgan fingerprint density at radius 2 is 1.86 bits per heavy atom. The molecule has 0 aliphatic heterocycles. The molecule has 0 radical (unpaired) electrons. The minimum Gasteiger partial charge on any atom is -0.475 e. The number of benzene rings is 1. The molecule has 0 unspecified atom stereocenters. The minimum absolute atomic E-state index is 0.325. The highest BCUT2D eigenvalue weighted by Crippen LogP contribution is 2.22. The van der Waals surface area contributed by atoms with Crippen molar-refractivity contribution < 1.29 is 14.3 Å². The number of aromatic carboxylic acids is 1. The Morgan fingerprint density at radius 3 is 2.33 bits per heavy atom. The molecular weight excluding hydrogens is 500 g/mol. The maximum atomic E-state index is 11.7. The van der Waals surface area contributed by atoms with Crippen molar-refractivity contribution in [1.82, 2.24) is 5.32 Å². The number of carboxylic acid groups (broad SMARTS) is 1. The van der Waals surface area contributed by atoms with Gasteiger partial charge in [0.25, 0.3) is 0 Å². The number of nitrogens with one attached hydrogen (secondary N) is 1. The summed E-state index contributed by atoms with van der Waals surface area (Å²) < 4.78 is 6.81. The fraction of sp³-hybridized carbons (Fsp3) is 0.286. The van der Waals surface area contributed by atoms with Gasteiger partial charge in [-0.25, -0.2) is 4.79 Å². The van der Waals surface area contributed by atoms with Gasteiger partial charge in [0.2, 0.25) is 5.76 Å². The second-order valence-corrected chi connectivity index (χ2v) is 6.41. The van der Waals surface area contributed by atoms with Crippen LogP contribution < -0.4 is 10.7 Å². The number of rotatable bonds is 3. The van der Waals surface area contributed by atoms with Crippen molar-refractivity contribution in [1.29, 1.82) is 0 Å². The number of halogens is 2. The Morgan fingerprint density at radius 1 is 1.24 bits per heavy atom. The molecule has 7 heteroatoms. The molecule has 5 nitrogen and oxygen atoms in total. The zero-order valence-corrected chi connectivity index (χ0v) is 15.9. The lowest BCUT2D eigenvalue weighted by atomic mass is 10.2. The average molecular weight is 515 g/mol. The molecule has 0 fully saturated rings. The van der Waals surface area contributed by atoms with Crippen molar-refractivity contribution in [3.05, 3.63) is 41.3 Å². The van der Waals surface area contributed by atoms with E-state index in [-0.39, 0.29) is 11.2 Å². The van der Waals surface area contributed by atoms with Gasteiger partial charge >= 0.3 is 5.97 Å². The summed E-state index contributed by atoms with van der Waals surface area (Å²) >= 11 is 4.10. The van der Waals surface area contributed by atoms with Gasteiger partial charge in [-0.05, 0) is 70.4 Å². The van der Waals surface area contributed by atoms with Crippen LogP contribution in [0.25, 0.3) is 11.0 Å².